The number of thioether (sulfide) groups is 1. The molecule has 0 radical (unpaired) electrons. The third kappa shape index (κ3) is 5.47. The smallest absolute Gasteiger partial charge is 0.188 e. The first-order chi connectivity index (χ1) is 7.58. The summed E-state index contributed by atoms with van der Waals surface area (Å²) >= 11 is 1.72. The molecule has 0 unspecified atom stereocenters. The van der Waals surface area contributed by atoms with Crippen LogP contribution in [0.3, 0.4) is 0 Å². The van der Waals surface area contributed by atoms with Crippen LogP contribution in [0.5, 0.6) is 0 Å². The number of hydrogen-bond acceptors (Lipinski definition) is 4. The number of aryl methyl sites for hydroxylation is 2. The predicted octanol–water partition coefficient (Wildman–Crippen LogP) is 2.43. The maximum absolute atomic E-state index is 4.39. The van der Waals surface area contributed by atoms with Gasteiger partial charge >= 0.3 is 0 Å². The second-order valence-electron chi connectivity index (χ2n) is 4.38. The molecule has 1 heterocycles. The lowest BCUT2D eigenvalue weighted by Crippen LogP contribution is -2.22. The molecule has 0 bridgehead atoms. The Morgan fingerprint density at radius 2 is 1.88 bits per heavy atom. The molecule has 0 atom stereocenters. The van der Waals surface area contributed by atoms with Crippen molar-refractivity contribution in [2.24, 2.45) is 5.92 Å². The molecule has 0 spiro atoms. The van der Waals surface area contributed by atoms with Crippen LogP contribution < -0.4 is 5.32 Å². The fourth-order valence-corrected chi connectivity index (χ4v) is 2.21. The van der Waals surface area contributed by atoms with Gasteiger partial charge in [-0.05, 0) is 32.4 Å². The molecular weight excluding hydrogens is 218 g/mol. The van der Waals surface area contributed by atoms with E-state index in [0.29, 0.717) is 5.92 Å². The molecule has 0 fully saturated rings. The van der Waals surface area contributed by atoms with Crippen molar-refractivity contribution in [3.05, 3.63) is 17.5 Å². The molecule has 1 rings (SSSR count). The minimum Gasteiger partial charge on any atom is -0.316 e. The van der Waals surface area contributed by atoms with Gasteiger partial charge in [0.15, 0.2) is 5.16 Å². The van der Waals surface area contributed by atoms with E-state index in [9.17, 15) is 0 Å². The van der Waals surface area contributed by atoms with Crippen LogP contribution in [0.1, 0.15) is 25.2 Å². The average molecular weight is 239 g/mol. The molecule has 0 aliphatic rings. The van der Waals surface area contributed by atoms with Crippen LogP contribution in [0.2, 0.25) is 0 Å². The van der Waals surface area contributed by atoms with Crippen LogP contribution >= 0.6 is 11.8 Å². The molecule has 0 saturated carbocycles. The van der Waals surface area contributed by atoms with Gasteiger partial charge in [0.25, 0.3) is 0 Å². The first-order valence-electron chi connectivity index (χ1n) is 5.73. The summed E-state index contributed by atoms with van der Waals surface area (Å²) in [5.74, 6) is 1.73. The molecule has 16 heavy (non-hydrogen) atoms. The van der Waals surface area contributed by atoms with Crippen molar-refractivity contribution in [1.82, 2.24) is 15.3 Å². The van der Waals surface area contributed by atoms with Crippen molar-refractivity contribution in [3.8, 4) is 0 Å². The largest absolute Gasteiger partial charge is 0.316 e. The maximum Gasteiger partial charge on any atom is 0.188 e. The van der Waals surface area contributed by atoms with Gasteiger partial charge in [0.2, 0.25) is 0 Å². The highest BCUT2D eigenvalue weighted by atomic mass is 32.2. The lowest BCUT2D eigenvalue weighted by Gasteiger charge is -2.06. The van der Waals surface area contributed by atoms with Gasteiger partial charge in [-0.15, -0.1) is 0 Å². The third-order valence-electron chi connectivity index (χ3n) is 2.02. The molecule has 0 saturated heterocycles. The zero-order valence-corrected chi connectivity index (χ0v) is 11.4. The van der Waals surface area contributed by atoms with Crippen molar-refractivity contribution in [2.45, 2.75) is 32.9 Å². The Morgan fingerprint density at radius 3 is 2.44 bits per heavy atom. The maximum atomic E-state index is 4.39. The Hall–Kier alpha value is -0.610. The minimum atomic E-state index is 0.711. The molecule has 3 nitrogen and oxygen atoms in total. The molecule has 0 amide bonds. The summed E-state index contributed by atoms with van der Waals surface area (Å²) in [7, 11) is 0. The summed E-state index contributed by atoms with van der Waals surface area (Å²) in [5.41, 5.74) is 2.09. The Kier molecular flexibility index (Phi) is 5.77. The number of hydrogen-bond donors (Lipinski definition) is 1. The SMILES string of the molecule is Cc1cc(C)nc(SCCNCC(C)C)n1. The molecule has 90 valence electrons. The van der Waals surface area contributed by atoms with E-state index in [1.54, 1.807) is 11.8 Å². The van der Waals surface area contributed by atoms with Gasteiger partial charge in [-0.1, -0.05) is 25.6 Å². The van der Waals surface area contributed by atoms with Crippen LogP contribution in [-0.2, 0) is 0 Å². The van der Waals surface area contributed by atoms with Gasteiger partial charge < -0.3 is 5.32 Å². The number of nitrogens with zero attached hydrogens (tertiary/aromatic N) is 2. The van der Waals surface area contributed by atoms with Crippen LogP contribution in [0, 0.1) is 19.8 Å². The molecule has 0 aliphatic carbocycles. The fraction of sp³-hybridized carbons (Fsp3) is 0.667. The molecule has 0 aromatic carbocycles. The van der Waals surface area contributed by atoms with Gasteiger partial charge in [-0.25, -0.2) is 9.97 Å². The summed E-state index contributed by atoms with van der Waals surface area (Å²) < 4.78 is 0. The molecule has 4 heteroatoms. The van der Waals surface area contributed by atoms with E-state index in [-0.39, 0.29) is 0 Å². The zero-order valence-electron chi connectivity index (χ0n) is 10.6. The zero-order chi connectivity index (χ0) is 12.0. The van der Waals surface area contributed by atoms with Crippen molar-refractivity contribution in [3.63, 3.8) is 0 Å². The highest BCUT2D eigenvalue weighted by Gasteiger charge is 2.00. The normalized spacial score (nSPS) is 11.1. The van der Waals surface area contributed by atoms with Crippen LogP contribution in [-0.4, -0.2) is 28.8 Å². The van der Waals surface area contributed by atoms with E-state index in [0.717, 1.165) is 35.4 Å². The first kappa shape index (κ1) is 13.5. The number of nitrogens with one attached hydrogen (secondary N) is 1. The highest BCUT2D eigenvalue weighted by molar-refractivity contribution is 7.99. The topological polar surface area (TPSA) is 37.8 Å². The van der Waals surface area contributed by atoms with Crippen molar-refractivity contribution in [2.75, 3.05) is 18.8 Å². The summed E-state index contributed by atoms with van der Waals surface area (Å²) in [4.78, 5) is 8.78. The Bertz CT molecular complexity index is 306. The lowest BCUT2D eigenvalue weighted by molar-refractivity contribution is 0.568. The Labute approximate surface area is 102 Å². The summed E-state index contributed by atoms with van der Waals surface area (Å²) in [6, 6.07) is 2.00. The monoisotopic (exact) mass is 239 g/mol. The van der Waals surface area contributed by atoms with E-state index in [1.165, 1.54) is 0 Å². The highest BCUT2D eigenvalue weighted by Crippen LogP contribution is 2.12. The minimum absolute atomic E-state index is 0.711. The van der Waals surface area contributed by atoms with Crippen molar-refractivity contribution in [1.29, 1.82) is 0 Å². The molecular formula is C12H21N3S. The van der Waals surface area contributed by atoms with Crippen LogP contribution in [0.4, 0.5) is 0 Å². The quantitative estimate of drug-likeness (QED) is 0.470. The predicted molar refractivity (Wildman–Crippen MR) is 69.9 cm³/mol. The van der Waals surface area contributed by atoms with Crippen LogP contribution in [0.25, 0.3) is 0 Å². The standard InChI is InChI=1S/C12H21N3S/c1-9(2)8-13-5-6-16-12-14-10(3)7-11(4)15-12/h7,9,13H,5-6,8H2,1-4H3. The Morgan fingerprint density at radius 1 is 1.25 bits per heavy atom. The van der Waals surface area contributed by atoms with Gasteiger partial charge in [-0.3, -0.25) is 0 Å². The summed E-state index contributed by atoms with van der Waals surface area (Å²) in [6.07, 6.45) is 0. The number of aromatic nitrogens is 2. The van der Waals surface area contributed by atoms with Crippen molar-refractivity contribution < 1.29 is 0 Å². The second kappa shape index (κ2) is 6.86. The number of rotatable bonds is 6. The average Bonchev–Trinajstić information content (AvgIpc) is 2.15. The summed E-state index contributed by atoms with van der Waals surface area (Å²) in [6.45, 7) is 10.5. The fourth-order valence-electron chi connectivity index (χ4n) is 1.36. The van der Waals surface area contributed by atoms with Gasteiger partial charge in [-0.2, -0.15) is 0 Å². The van der Waals surface area contributed by atoms with E-state index in [2.05, 4.69) is 29.1 Å². The Balaban J connectivity index is 2.26. The molecule has 1 N–H and O–H groups in total. The van der Waals surface area contributed by atoms with Gasteiger partial charge in [0.05, 0.1) is 0 Å². The van der Waals surface area contributed by atoms with E-state index in [1.807, 2.05) is 19.9 Å². The van der Waals surface area contributed by atoms with Crippen molar-refractivity contribution >= 4 is 11.8 Å². The molecule has 0 aliphatic heterocycles. The van der Waals surface area contributed by atoms with E-state index < -0.39 is 0 Å². The van der Waals surface area contributed by atoms with E-state index >= 15 is 0 Å². The van der Waals surface area contributed by atoms with Gasteiger partial charge in [0.1, 0.15) is 0 Å². The van der Waals surface area contributed by atoms with E-state index in [4.69, 9.17) is 0 Å². The van der Waals surface area contributed by atoms with Crippen LogP contribution in [0.15, 0.2) is 11.2 Å². The second-order valence-corrected chi connectivity index (χ2v) is 5.44. The first-order valence-corrected chi connectivity index (χ1v) is 6.72. The summed E-state index contributed by atoms with van der Waals surface area (Å²) in [5, 5.41) is 4.30. The lowest BCUT2D eigenvalue weighted by atomic mass is 10.2. The van der Waals surface area contributed by atoms with Gasteiger partial charge in [0, 0.05) is 23.7 Å². The molecule has 1 aromatic heterocycles. The third-order valence-corrected chi connectivity index (χ3v) is 2.87. The molecule has 1 aromatic rings.